The minimum atomic E-state index is -0.931. The molecule has 1 saturated heterocycles. The van der Waals surface area contributed by atoms with Crippen LogP contribution >= 0.6 is 11.6 Å². The van der Waals surface area contributed by atoms with Gasteiger partial charge < -0.3 is 19.2 Å². The molecule has 3 heterocycles. The highest BCUT2D eigenvalue weighted by Gasteiger charge is 2.43. The number of aryl methyl sites for hydroxylation is 1. The number of carbonyl (C=O) groups is 2. The SMILES string of the molecule is CC1=C(C(=O)OC[C@H]2CCCO2)[C@H](c2coc3ccc(Cl)cc3c2=O)C2=C(C[C@@H](c3ccc(C)cc3)CC2=O)N1. The molecule has 7 nitrogen and oxygen atoms in total. The fraction of sp³-hybridized carbons (Fsp3) is 0.344. The second-order valence-corrected chi connectivity index (χ2v) is 11.3. The molecule has 1 aliphatic carbocycles. The number of fused-ring (bicyclic) bond motifs is 1. The number of carbonyl (C=O) groups excluding carboxylic acids is 2. The minimum absolute atomic E-state index is 0.0207. The quantitative estimate of drug-likeness (QED) is 0.392. The van der Waals surface area contributed by atoms with Crippen molar-refractivity contribution in [1.82, 2.24) is 5.32 Å². The highest BCUT2D eigenvalue weighted by atomic mass is 35.5. The van der Waals surface area contributed by atoms with Gasteiger partial charge in [-0.15, -0.1) is 0 Å². The number of Topliss-reactive ketones (excluding diaryl/α,β-unsaturated/α-hetero) is 1. The van der Waals surface area contributed by atoms with Crippen molar-refractivity contribution in [2.75, 3.05) is 13.2 Å². The van der Waals surface area contributed by atoms with Gasteiger partial charge in [0, 0.05) is 40.6 Å². The third-order valence-corrected chi connectivity index (χ3v) is 8.33. The van der Waals surface area contributed by atoms with E-state index >= 15 is 0 Å². The van der Waals surface area contributed by atoms with Gasteiger partial charge in [0.15, 0.2) is 11.2 Å². The summed E-state index contributed by atoms with van der Waals surface area (Å²) >= 11 is 6.20. The average Bonchev–Trinajstić information content (AvgIpc) is 3.46. The molecule has 1 aromatic heterocycles. The number of hydrogen-bond donors (Lipinski definition) is 1. The number of rotatable bonds is 5. The van der Waals surface area contributed by atoms with Crippen LogP contribution in [0.4, 0.5) is 0 Å². The fourth-order valence-electron chi connectivity index (χ4n) is 6.03. The van der Waals surface area contributed by atoms with E-state index in [1.807, 2.05) is 19.1 Å². The lowest BCUT2D eigenvalue weighted by molar-refractivity contribution is -0.142. The second kappa shape index (κ2) is 10.7. The largest absolute Gasteiger partial charge is 0.464 e. The molecular formula is C32H30ClNO6. The lowest BCUT2D eigenvalue weighted by Crippen LogP contribution is -2.38. The van der Waals surface area contributed by atoms with Crippen molar-refractivity contribution >= 4 is 34.3 Å². The van der Waals surface area contributed by atoms with E-state index in [0.717, 1.165) is 24.0 Å². The van der Waals surface area contributed by atoms with Crippen LogP contribution in [0.25, 0.3) is 11.0 Å². The van der Waals surface area contributed by atoms with Crippen LogP contribution in [-0.4, -0.2) is 31.1 Å². The number of allylic oxidation sites excluding steroid dienone is 3. The Kier molecular flexibility index (Phi) is 7.11. The molecule has 0 saturated carbocycles. The van der Waals surface area contributed by atoms with Crippen LogP contribution in [0, 0.1) is 6.92 Å². The summed E-state index contributed by atoms with van der Waals surface area (Å²) in [6.45, 7) is 4.56. The molecule has 3 aliphatic rings. The molecule has 2 aromatic carbocycles. The molecule has 0 spiro atoms. The van der Waals surface area contributed by atoms with E-state index < -0.39 is 11.9 Å². The van der Waals surface area contributed by atoms with Gasteiger partial charge in [0.05, 0.1) is 29.2 Å². The Labute approximate surface area is 236 Å². The highest BCUT2D eigenvalue weighted by molar-refractivity contribution is 6.31. The van der Waals surface area contributed by atoms with E-state index in [9.17, 15) is 14.4 Å². The molecule has 206 valence electrons. The first-order valence-corrected chi connectivity index (χ1v) is 14.0. The zero-order chi connectivity index (χ0) is 28.0. The predicted octanol–water partition coefficient (Wildman–Crippen LogP) is 5.84. The Morgan fingerprint density at radius 3 is 2.65 bits per heavy atom. The molecule has 0 radical (unpaired) electrons. The first-order chi connectivity index (χ1) is 19.3. The zero-order valence-corrected chi connectivity index (χ0v) is 23.2. The molecule has 1 fully saturated rings. The van der Waals surface area contributed by atoms with E-state index in [-0.39, 0.29) is 52.8 Å². The van der Waals surface area contributed by atoms with Crippen LogP contribution in [0.2, 0.25) is 5.02 Å². The summed E-state index contributed by atoms with van der Waals surface area (Å²) in [5.74, 6) is -1.66. The van der Waals surface area contributed by atoms with Gasteiger partial charge in [0.2, 0.25) is 0 Å². The van der Waals surface area contributed by atoms with E-state index in [1.54, 1.807) is 25.1 Å². The second-order valence-electron chi connectivity index (χ2n) is 10.8. The van der Waals surface area contributed by atoms with Gasteiger partial charge in [-0.2, -0.15) is 0 Å². The van der Waals surface area contributed by atoms with Gasteiger partial charge in [0.1, 0.15) is 12.2 Å². The number of halogens is 1. The molecule has 6 rings (SSSR count). The lowest BCUT2D eigenvalue weighted by atomic mass is 9.72. The summed E-state index contributed by atoms with van der Waals surface area (Å²) in [5, 5.41) is 4.01. The maximum atomic E-state index is 13.9. The summed E-state index contributed by atoms with van der Waals surface area (Å²) in [7, 11) is 0. The summed E-state index contributed by atoms with van der Waals surface area (Å²) in [6.07, 6.45) is 3.77. The molecule has 0 amide bonds. The van der Waals surface area contributed by atoms with Gasteiger partial charge in [0.25, 0.3) is 0 Å². The Hall–Kier alpha value is -3.68. The van der Waals surface area contributed by atoms with E-state index in [0.29, 0.717) is 40.6 Å². The molecule has 8 heteroatoms. The van der Waals surface area contributed by atoms with Crippen molar-refractivity contribution < 1.29 is 23.5 Å². The molecule has 0 unspecified atom stereocenters. The molecule has 3 aromatic rings. The third-order valence-electron chi connectivity index (χ3n) is 8.09. The smallest absolute Gasteiger partial charge is 0.336 e. The topological polar surface area (TPSA) is 94.8 Å². The number of ether oxygens (including phenoxy) is 2. The average molecular weight is 560 g/mol. The zero-order valence-electron chi connectivity index (χ0n) is 22.4. The number of dihydropyridines is 1. The molecule has 1 N–H and O–H groups in total. The number of ketones is 1. The lowest BCUT2D eigenvalue weighted by Gasteiger charge is -2.36. The van der Waals surface area contributed by atoms with Crippen molar-refractivity contribution in [3.05, 3.63) is 103 Å². The first-order valence-electron chi connectivity index (χ1n) is 13.6. The molecule has 0 bridgehead atoms. The summed E-state index contributed by atoms with van der Waals surface area (Å²) < 4.78 is 17.2. The highest BCUT2D eigenvalue weighted by Crippen LogP contribution is 2.45. The van der Waals surface area contributed by atoms with Gasteiger partial charge in [-0.05, 0) is 62.8 Å². The molecular weight excluding hydrogens is 530 g/mol. The Morgan fingerprint density at radius 1 is 1.10 bits per heavy atom. The third kappa shape index (κ3) is 4.88. The summed E-state index contributed by atoms with van der Waals surface area (Å²) in [4.78, 5) is 41.4. The van der Waals surface area contributed by atoms with Crippen LogP contribution in [-0.2, 0) is 19.1 Å². The number of esters is 1. The predicted molar refractivity (Wildman–Crippen MR) is 151 cm³/mol. The number of hydrogen-bond acceptors (Lipinski definition) is 7. The van der Waals surface area contributed by atoms with Crippen molar-refractivity contribution in [3.63, 3.8) is 0 Å². The summed E-state index contributed by atoms with van der Waals surface area (Å²) in [6, 6.07) is 13.0. The van der Waals surface area contributed by atoms with Crippen LogP contribution in [0.1, 0.15) is 61.1 Å². The Balaban J connectivity index is 1.44. The minimum Gasteiger partial charge on any atom is -0.464 e. The Bertz CT molecular complexity index is 1630. The Morgan fingerprint density at radius 2 is 1.90 bits per heavy atom. The first kappa shape index (κ1) is 26.5. The van der Waals surface area contributed by atoms with Gasteiger partial charge >= 0.3 is 5.97 Å². The van der Waals surface area contributed by atoms with E-state index in [2.05, 4.69) is 17.4 Å². The van der Waals surface area contributed by atoms with Crippen LogP contribution in [0.5, 0.6) is 0 Å². The van der Waals surface area contributed by atoms with Crippen LogP contribution in [0.3, 0.4) is 0 Å². The fourth-order valence-corrected chi connectivity index (χ4v) is 6.21. The maximum Gasteiger partial charge on any atom is 0.336 e. The monoisotopic (exact) mass is 559 g/mol. The van der Waals surface area contributed by atoms with Crippen molar-refractivity contribution in [1.29, 1.82) is 0 Å². The standard InChI is InChI=1S/C32H30ClNO6/c1-17-5-7-19(8-6-17)20-12-25-30(26(35)13-20)29(24-16-39-27-10-9-21(33)14-23(27)31(24)36)28(18(2)34-25)32(37)40-15-22-4-3-11-38-22/h5-10,14,16,20,22,29,34H,3-4,11-13,15H2,1-2H3/t20-,22-,29+/m1/s1. The van der Waals surface area contributed by atoms with Gasteiger partial charge in [-0.1, -0.05) is 41.4 Å². The summed E-state index contributed by atoms with van der Waals surface area (Å²) in [5.41, 5.74) is 4.36. The van der Waals surface area contributed by atoms with Crippen molar-refractivity contribution in [2.45, 2.75) is 57.5 Å². The molecule has 3 atom stereocenters. The molecule has 40 heavy (non-hydrogen) atoms. The normalized spacial score (nSPS) is 22.9. The molecule has 2 aliphatic heterocycles. The number of benzene rings is 2. The van der Waals surface area contributed by atoms with Crippen molar-refractivity contribution in [2.24, 2.45) is 0 Å². The van der Waals surface area contributed by atoms with Crippen molar-refractivity contribution in [3.8, 4) is 0 Å². The van der Waals surface area contributed by atoms with E-state index in [1.165, 1.54) is 6.26 Å². The number of nitrogens with one attached hydrogen (secondary N) is 1. The van der Waals surface area contributed by atoms with E-state index in [4.69, 9.17) is 25.5 Å². The van der Waals surface area contributed by atoms with Crippen LogP contribution in [0.15, 0.2) is 80.5 Å². The van der Waals surface area contributed by atoms with Crippen LogP contribution < -0.4 is 10.7 Å². The maximum absolute atomic E-state index is 13.9. The van der Waals surface area contributed by atoms with Gasteiger partial charge in [-0.3, -0.25) is 9.59 Å². The van der Waals surface area contributed by atoms with Gasteiger partial charge in [-0.25, -0.2) is 4.79 Å².